The third-order valence-electron chi connectivity index (χ3n) is 3.55. The Bertz CT molecular complexity index is 447. The van der Waals surface area contributed by atoms with Gasteiger partial charge in [0.2, 0.25) is 0 Å². The molecule has 5 heteroatoms. The molecule has 4 nitrogen and oxygen atoms in total. The van der Waals surface area contributed by atoms with Gasteiger partial charge in [0.15, 0.2) is 11.5 Å². The number of nitrogens with zero attached hydrogens (tertiary/aromatic N) is 1. The van der Waals surface area contributed by atoms with Gasteiger partial charge in [0, 0.05) is 49.2 Å². The summed E-state index contributed by atoms with van der Waals surface area (Å²) in [6.45, 7) is 6.66. The van der Waals surface area contributed by atoms with E-state index < -0.39 is 0 Å². The summed E-state index contributed by atoms with van der Waals surface area (Å²) < 4.78 is 12.8. The number of hydrogen-bond acceptors (Lipinski definition) is 4. The third-order valence-corrected chi connectivity index (χ3v) is 4.29. The van der Waals surface area contributed by atoms with Gasteiger partial charge in [-0.25, -0.2) is 0 Å². The lowest BCUT2D eigenvalue weighted by molar-refractivity contribution is 0.227. The van der Waals surface area contributed by atoms with Crippen LogP contribution < -0.4 is 14.8 Å². The molecule has 104 valence electrons. The highest BCUT2D eigenvalue weighted by atomic mass is 79.9. The van der Waals surface area contributed by atoms with Gasteiger partial charge in [-0.3, -0.25) is 4.90 Å². The van der Waals surface area contributed by atoms with Gasteiger partial charge in [-0.05, 0) is 12.1 Å². The van der Waals surface area contributed by atoms with Gasteiger partial charge in [-0.2, -0.15) is 0 Å². The van der Waals surface area contributed by atoms with Crippen molar-refractivity contribution in [3.05, 3.63) is 22.2 Å². The van der Waals surface area contributed by atoms with Crippen LogP contribution in [0.4, 0.5) is 0 Å². The first-order chi connectivity index (χ1) is 9.34. The summed E-state index contributed by atoms with van der Waals surface area (Å²) in [6.07, 6.45) is 0.944. The van der Waals surface area contributed by atoms with E-state index in [4.69, 9.17) is 9.47 Å². The summed E-state index contributed by atoms with van der Waals surface area (Å²) in [5.41, 5.74) is 1.21. The molecule has 0 amide bonds. The van der Waals surface area contributed by atoms with Crippen molar-refractivity contribution in [2.75, 3.05) is 39.4 Å². The standard InChI is InChI=1S/C14H19BrN2O2/c15-12-2-3-13-14(19-9-1-8-18-13)11(12)10-17-6-4-16-5-7-17/h2-3,16H,1,4-10H2. The second kappa shape index (κ2) is 6.11. The first-order valence-corrected chi connectivity index (χ1v) is 7.64. The van der Waals surface area contributed by atoms with Crippen molar-refractivity contribution in [3.63, 3.8) is 0 Å². The lowest BCUT2D eigenvalue weighted by Gasteiger charge is -2.28. The van der Waals surface area contributed by atoms with Gasteiger partial charge in [-0.15, -0.1) is 0 Å². The molecule has 1 aromatic rings. The molecule has 3 rings (SSSR count). The summed E-state index contributed by atoms with van der Waals surface area (Å²) in [7, 11) is 0. The highest BCUT2D eigenvalue weighted by molar-refractivity contribution is 9.10. The van der Waals surface area contributed by atoms with Crippen molar-refractivity contribution < 1.29 is 9.47 Å². The van der Waals surface area contributed by atoms with Gasteiger partial charge in [-0.1, -0.05) is 15.9 Å². The lowest BCUT2D eigenvalue weighted by Crippen LogP contribution is -2.43. The van der Waals surface area contributed by atoms with Crippen LogP contribution in [0.15, 0.2) is 16.6 Å². The summed E-state index contributed by atoms with van der Waals surface area (Å²) in [5, 5.41) is 3.38. The van der Waals surface area contributed by atoms with E-state index in [1.807, 2.05) is 6.07 Å². The van der Waals surface area contributed by atoms with E-state index in [9.17, 15) is 0 Å². The molecular weight excluding hydrogens is 308 g/mol. The number of fused-ring (bicyclic) bond motifs is 1. The topological polar surface area (TPSA) is 33.7 Å². The van der Waals surface area contributed by atoms with Gasteiger partial charge < -0.3 is 14.8 Å². The smallest absolute Gasteiger partial charge is 0.166 e. The average molecular weight is 327 g/mol. The Morgan fingerprint density at radius 2 is 1.95 bits per heavy atom. The van der Waals surface area contributed by atoms with Gasteiger partial charge >= 0.3 is 0 Å². The summed E-state index contributed by atoms with van der Waals surface area (Å²) >= 11 is 3.65. The van der Waals surface area contributed by atoms with Crippen molar-refractivity contribution in [1.29, 1.82) is 0 Å². The summed E-state index contributed by atoms with van der Waals surface area (Å²) in [4.78, 5) is 2.45. The fourth-order valence-corrected chi connectivity index (χ4v) is 2.95. The van der Waals surface area contributed by atoms with Crippen molar-refractivity contribution in [1.82, 2.24) is 10.2 Å². The molecule has 0 saturated carbocycles. The molecular formula is C14H19BrN2O2. The average Bonchev–Trinajstić information content (AvgIpc) is 2.69. The second-order valence-electron chi connectivity index (χ2n) is 4.93. The molecule has 0 bridgehead atoms. The van der Waals surface area contributed by atoms with Crippen LogP contribution in [0, 0.1) is 0 Å². The number of piperazine rings is 1. The van der Waals surface area contributed by atoms with E-state index in [-0.39, 0.29) is 0 Å². The Morgan fingerprint density at radius 1 is 1.16 bits per heavy atom. The molecule has 1 aromatic carbocycles. The minimum atomic E-state index is 0.734. The zero-order valence-electron chi connectivity index (χ0n) is 11.0. The zero-order chi connectivity index (χ0) is 13.1. The fourth-order valence-electron chi connectivity index (χ4n) is 2.51. The molecule has 19 heavy (non-hydrogen) atoms. The fraction of sp³-hybridized carbons (Fsp3) is 0.571. The summed E-state index contributed by atoms with van der Waals surface area (Å²) in [5.74, 6) is 1.80. The first kappa shape index (κ1) is 13.2. The molecule has 2 aliphatic rings. The van der Waals surface area contributed by atoms with Crippen LogP contribution in [0.1, 0.15) is 12.0 Å². The minimum Gasteiger partial charge on any atom is -0.490 e. The number of nitrogens with one attached hydrogen (secondary N) is 1. The SMILES string of the molecule is Brc1ccc2c(c1CN1CCNCC1)OCCCO2. The van der Waals surface area contributed by atoms with Crippen LogP contribution in [0.5, 0.6) is 11.5 Å². The lowest BCUT2D eigenvalue weighted by atomic mass is 10.1. The maximum atomic E-state index is 5.90. The molecule has 0 spiro atoms. The van der Waals surface area contributed by atoms with Crippen LogP contribution in [0.2, 0.25) is 0 Å². The van der Waals surface area contributed by atoms with Crippen LogP contribution >= 0.6 is 15.9 Å². The van der Waals surface area contributed by atoms with E-state index in [0.29, 0.717) is 0 Å². The molecule has 2 heterocycles. The predicted octanol–water partition coefficient (Wildman–Crippen LogP) is 2.02. The van der Waals surface area contributed by atoms with Crippen molar-refractivity contribution in [3.8, 4) is 11.5 Å². The number of benzene rings is 1. The maximum Gasteiger partial charge on any atom is 0.166 e. The largest absolute Gasteiger partial charge is 0.490 e. The molecule has 2 aliphatic heterocycles. The molecule has 0 unspecified atom stereocenters. The Labute approximate surface area is 122 Å². The highest BCUT2D eigenvalue weighted by Gasteiger charge is 2.20. The van der Waals surface area contributed by atoms with Gasteiger partial charge in [0.05, 0.1) is 13.2 Å². The molecule has 1 saturated heterocycles. The van der Waals surface area contributed by atoms with Crippen molar-refractivity contribution in [2.45, 2.75) is 13.0 Å². The monoisotopic (exact) mass is 326 g/mol. The van der Waals surface area contributed by atoms with Gasteiger partial charge in [0.25, 0.3) is 0 Å². The van der Waals surface area contributed by atoms with Crippen LogP contribution in [0.25, 0.3) is 0 Å². The Balaban J connectivity index is 1.86. The summed E-state index contributed by atoms with van der Waals surface area (Å²) in [6, 6.07) is 4.05. The zero-order valence-corrected chi connectivity index (χ0v) is 12.5. The molecule has 0 radical (unpaired) electrons. The highest BCUT2D eigenvalue weighted by Crippen LogP contribution is 2.38. The van der Waals surface area contributed by atoms with Crippen molar-refractivity contribution >= 4 is 15.9 Å². The van der Waals surface area contributed by atoms with Gasteiger partial charge in [0.1, 0.15) is 0 Å². The molecule has 0 aromatic heterocycles. The third kappa shape index (κ3) is 3.04. The van der Waals surface area contributed by atoms with E-state index in [2.05, 4.69) is 32.2 Å². The molecule has 1 N–H and O–H groups in total. The Kier molecular flexibility index (Phi) is 4.25. The van der Waals surface area contributed by atoms with E-state index >= 15 is 0 Å². The number of halogens is 1. The van der Waals surface area contributed by atoms with Crippen LogP contribution in [-0.4, -0.2) is 44.3 Å². The minimum absolute atomic E-state index is 0.734. The number of rotatable bonds is 2. The van der Waals surface area contributed by atoms with Crippen LogP contribution in [-0.2, 0) is 6.54 Å². The Hall–Kier alpha value is -0.780. The van der Waals surface area contributed by atoms with Crippen LogP contribution in [0.3, 0.4) is 0 Å². The number of ether oxygens (including phenoxy) is 2. The first-order valence-electron chi connectivity index (χ1n) is 6.84. The molecule has 0 aliphatic carbocycles. The quantitative estimate of drug-likeness (QED) is 0.901. The molecule has 0 atom stereocenters. The Morgan fingerprint density at radius 3 is 2.79 bits per heavy atom. The van der Waals surface area contributed by atoms with Crippen molar-refractivity contribution in [2.24, 2.45) is 0 Å². The number of hydrogen-bond donors (Lipinski definition) is 1. The molecule has 1 fully saturated rings. The van der Waals surface area contributed by atoms with E-state index in [1.54, 1.807) is 0 Å². The van der Waals surface area contributed by atoms with E-state index in [0.717, 1.165) is 68.3 Å². The normalized spacial score (nSPS) is 20.1. The second-order valence-corrected chi connectivity index (χ2v) is 5.78. The predicted molar refractivity (Wildman–Crippen MR) is 77.9 cm³/mol. The van der Waals surface area contributed by atoms with E-state index in [1.165, 1.54) is 5.56 Å². The maximum absolute atomic E-state index is 5.90.